The van der Waals surface area contributed by atoms with Crippen LogP contribution in [0.3, 0.4) is 0 Å². The van der Waals surface area contributed by atoms with E-state index in [0.717, 1.165) is 25.1 Å². The second-order valence-electron chi connectivity index (χ2n) is 4.52. The summed E-state index contributed by atoms with van der Waals surface area (Å²) in [5.41, 5.74) is 7.08. The summed E-state index contributed by atoms with van der Waals surface area (Å²) in [7, 11) is 0. The molecular formula is C10H17N3O. The van der Waals surface area contributed by atoms with E-state index in [9.17, 15) is 4.79 Å². The van der Waals surface area contributed by atoms with Crippen LogP contribution in [0.25, 0.3) is 0 Å². The van der Waals surface area contributed by atoms with E-state index in [-0.39, 0.29) is 5.56 Å². The van der Waals surface area contributed by atoms with Crippen molar-refractivity contribution in [2.45, 2.75) is 39.2 Å². The molecule has 1 aromatic heterocycles. The van der Waals surface area contributed by atoms with Crippen LogP contribution in [0, 0.1) is 5.92 Å². The molecular weight excluding hydrogens is 178 g/mol. The van der Waals surface area contributed by atoms with Gasteiger partial charge in [-0.25, -0.2) is 0 Å². The summed E-state index contributed by atoms with van der Waals surface area (Å²) in [6.45, 7) is 4.89. The Morgan fingerprint density at radius 3 is 2.71 bits per heavy atom. The van der Waals surface area contributed by atoms with Crippen LogP contribution in [-0.2, 0) is 6.54 Å². The van der Waals surface area contributed by atoms with Crippen LogP contribution in [0.1, 0.15) is 38.3 Å². The Morgan fingerprint density at radius 1 is 1.57 bits per heavy atom. The molecule has 0 atom stereocenters. The maximum Gasteiger partial charge on any atom is 0.289 e. The number of anilines is 1. The van der Waals surface area contributed by atoms with Gasteiger partial charge >= 0.3 is 0 Å². The van der Waals surface area contributed by atoms with Gasteiger partial charge in [0.2, 0.25) is 0 Å². The van der Waals surface area contributed by atoms with Crippen molar-refractivity contribution in [1.29, 1.82) is 0 Å². The molecule has 0 radical (unpaired) electrons. The lowest BCUT2D eigenvalue weighted by Gasteiger charge is -2.04. The maximum atomic E-state index is 11.7. The summed E-state index contributed by atoms with van der Waals surface area (Å²) in [6.07, 6.45) is 2.32. The van der Waals surface area contributed by atoms with Gasteiger partial charge in [0.25, 0.3) is 5.56 Å². The van der Waals surface area contributed by atoms with Crippen molar-refractivity contribution in [3.8, 4) is 0 Å². The Kier molecular flexibility index (Phi) is 2.13. The number of hydrogen-bond acceptors (Lipinski definition) is 2. The standard InChI is InChI=1S/C10H17N3O/c1-6(2)5-13-10(14)8(11)9(12-13)7-3-4-7/h6-7,12H,3-5,11H2,1-2H3. The number of nitrogens with two attached hydrogens (primary N) is 1. The molecule has 4 heteroatoms. The summed E-state index contributed by atoms with van der Waals surface area (Å²) in [6, 6.07) is 0. The van der Waals surface area contributed by atoms with Crippen molar-refractivity contribution in [2.24, 2.45) is 5.92 Å². The first kappa shape index (κ1) is 9.37. The number of nitrogen functional groups attached to an aromatic ring is 1. The molecule has 1 aliphatic carbocycles. The second kappa shape index (κ2) is 3.19. The predicted octanol–water partition coefficient (Wildman–Crippen LogP) is 1.29. The van der Waals surface area contributed by atoms with E-state index < -0.39 is 0 Å². The molecule has 1 saturated carbocycles. The molecule has 1 aliphatic rings. The Hall–Kier alpha value is -1.19. The molecule has 78 valence electrons. The summed E-state index contributed by atoms with van der Waals surface area (Å²) in [4.78, 5) is 11.7. The van der Waals surface area contributed by atoms with Crippen molar-refractivity contribution in [1.82, 2.24) is 9.78 Å². The summed E-state index contributed by atoms with van der Waals surface area (Å²) in [5.74, 6) is 0.967. The first-order chi connectivity index (χ1) is 6.59. The third kappa shape index (κ3) is 1.56. The van der Waals surface area contributed by atoms with Crippen LogP contribution < -0.4 is 11.3 Å². The van der Waals surface area contributed by atoms with Crippen LogP contribution in [0.2, 0.25) is 0 Å². The first-order valence-corrected chi connectivity index (χ1v) is 5.17. The van der Waals surface area contributed by atoms with Crippen molar-refractivity contribution < 1.29 is 0 Å². The Bertz CT molecular complexity index is 385. The van der Waals surface area contributed by atoms with Gasteiger partial charge in [-0.3, -0.25) is 14.6 Å². The average Bonchev–Trinajstić information content (AvgIpc) is 2.88. The van der Waals surface area contributed by atoms with Crippen LogP contribution in [-0.4, -0.2) is 9.78 Å². The Balaban J connectivity index is 2.32. The fourth-order valence-electron chi connectivity index (χ4n) is 1.69. The summed E-state index contributed by atoms with van der Waals surface area (Å²) in [5, 5.41) is 3.12. The van der Waals surface area contributed by atoms with E-state index in [4.69, 9.17) is 5.73 Å². The minimum Gasteiger partial charge on any atom is -0.393 e. The molecule has 0 saturated heterocycles. The van der Waals surface area contributed by atoms with Crippen molar-refractivity contribution >= 4 is 5.69 Å². The molecule has 0 amide bonds. The molecule has 0 aromatic carbocycles. The number of aromatic amines is 1. The molecule has 2 rings (SSSR count). The average molecular weight is 195 g/mol. The quantitative estimate of drug-likeness (QED) is 0.763. The highest BCUT2D eigenvalue weighted by molar-refractivity contribution is 5.44. The normalized spacial score (nSPS) is 16.5. The van der Waals surface area contributed by atoms with Crippen LogP contribution in [0.4, 0.5) is 5.69 Å². The topological polar surface area (TPSA) is 63.8 Å². The monoisotopic (exact) mass is 195 g/mol. The molecule has 3 N–H and O–H groups in total. The molecule has 0 aliphatic heterocycles. The van der Waals surface area contributed by atoms with Crippen molar-refractivity contribution in [3.63, 3.8) is 0 Å². The smallest absolute Gasteiger partial charge is 0.289 e. The highest BCUT2D eigenvalue weighted by Gasteiger charge is 2.29. The summed E-state index contributed by atoms with van der Waals surface area (Å²) < 4.78 is 1.63. The number of H-pyrrole nitrogens is 1. The molecule has 1 aromatic rings. The van der Waals surface area contributed by atoms with Gasteiger partial charge in [-0.05, 0) is 18.8 Å². The molecule has 1 heterocycles. The second-order valence-corrected chi connectivity index (χ2v) is 4.52. The van der Waals surface area contributed by atoms with Crippen LogP contribution >= 0.6 is 0 Å². The minimum absolute atomic E-state index is 0.0550. The highest BCUT2D eigenvalue weighted by atomic mass is 16.1. The lowest BCUT2D eigenvalue weighted by atomic mass is 10.2. The summed E-state index contributed by atoms with van der Waals surface area (Å²) >= 11 is 0. The van der Waals surface area contributed by atoms with Gasteiger partial charge in [-0.1, -0.05) is 13.8 Å². The van der Waals surface area contributed by atoms with E-state index in [1.54, 1.807) is 4.68 Å². The third-order valence-electron chi connectivity index (χ3n) is 2.55. The molecule has 0 unspecified atom stereocenters. The first-order valence-electron chi connectivity index (χ1n) is 5.17. The predicted molar refractivity (Wildman–Crippen MR) is 56.3 cm³/mol. The highest BCUT2D eigenvalue weighted by Crippen LogP contribution is 2.40. The Labute approximate surface area is 83.1 Å². The van der Waals surface area contributed by atoms with Crippen molar-refractivity contribution in [2.75, 3.05) is 5.73 Å². The van der Waals surface area contributed by atoms with E-state index in [1.807, 2.05) is 0 Å². The maximum absolute atomic E-state index is 11.7. The molecule has 1 fully saturated rings. The number of aromatic nitrogens is 2. The molecule has 0 bridgehead atoms. The number of hydrogen-bond donors (Lipinski definition) is 2. The Morgan fingerprint density at radius 2 is 2.21 bits per heavy atom. The largest absolute Gasteiger partial charge is 0.393 e. The zero-order chi connectivity index (χ0) is 10.3. The fraction of sp³-hybridized carbons (Fsp3) is 0.700. The minimum atomic E-state index is -0.0550. The zero-order valence-corrected chi connectivity index (χ0v) is 8.71. The zero-order valence-electron chi connectivity index (χ0n) is 8.71. The fourth-order valence-corrected chi connectivity index (χ4v) is 1.69. The van der Waals surface area contributed by atoms with Gasteiger partial charge in [0.15, 0.2) is 0 Å². The third-order valence-corrected chi connectivity index (χ3v) is 2.55. The van der Waals surface area contributed by atoms with Crippen molar-refractivity contribution in [3.05, 3.63) is 16.0 Å². The number of nitrogens with one attached hydrogen (secondary N) is 1. The lowest BCUT2D eigenvalue weighted by molar-refractivity contribution is 0.470. The van der Waals surface area contributed by atoms with E-state index in [0.29, 0.717) is 17.5 Å². The molecule has 0 spiro atoms. The molecule has 4 nitrogen and oxygen atoms in total. The SMILES string of the molecule is CC(C)Cn1[nH]c(C2CC2)c(N)c1=O. The van der Waals surface area contributed by atoms with Gasteiger partial charge in [-0.15, -0.1) is 0 Å². The van der Waals surface area contributed by atoms with E-state index in [2.05, 4.69) is 18.9 Å². The van der Waals surface area contributed by atoms with Gasteiger partial charge in [0, 0.05) is 12.5 Å². The lowest BCUT2D eigenvalue weighted by Crippen LogP contribution is -2.20. The van der Waals surface area contributed by atoms with E-state index >= 15 is 0 Å². The molecule has 14 heavy (non-hydrogen) atoms. The van der Waals surface area contributed by atoms with Gasteiger partial charge in [-0.2, -0.15) is 0 Å². The van der Waals surface area contributed by atoms with E-state index in [1.165, 1.54) is 0 Å². The van der Waals surface area contributed by atoms with Gasteiger partial charge in [0.1, 0.15) is 5.69 Å². The van der Waals surface area contributed by atoms with Gasteiger partial charge < -0.3 is 5.73 Å². The number of rotatable bonds is 3. The van der Waals surface area contributed by atoms with Crippen LogP contribution in [0.15, 0.2) is 4.79 Å². The number of nitrogens with zero attached hydrogens (tertiary/aromatic N) is 1. The van der Waals surface area contributed by atoms with Crippen LogP contribution in [0.5, 0.6) is 0 Å². The van der Waals surface area contributed by atoms with Gasteiger partial charge in [0.05, 0.1) is 5.69 Å².